The fourth-order valence-corrected chi connectivity index (χ4v) is 3.62. The lowest BCUT2D eigenvalue weighted by atomic mass is 10.1. The second kappa shape index (κ2) is 6.89. The first-order chi connectivity index (χ1) is 9.59. The molecule has 0 atom stereocenters. The monoisotopic (exact) mass is 292 g/mol. The van der Waals surface area contributed by atoms with E-state index < -0.39 is 9.84 Å². The van der Waals surface area contributed by atoms with Gasteiger partial charge in [0.15, 0.2) is 9.84 Å². The van der Waals surface area contributed by atoms with Gasteiger partial charge in [-0.2, -0.15) is 0 Å². The zero-order valence-electron chi connectivity index (χ0n) is 11.5. The van der Waals surface area contributed by atoms with Crippen molar-refractivity contribution < 1.29 is 8.42 Å². The van der Waals surface area contributed by atoms with Crippen molar-refractivity contribution in [3.8, 4) is 11.8 Å². The average Bonchev–Trinajstić information content (AvgIpc) is 2.58. The number of nitrogens with two attached hydrogens (primary N) is 1. The molecule has 0 amide bonds. The fourth-order valence-electron chi connectivity index (χ4n) is 2.31. The van der Waals surface area contributed by atoms with Gasteiger partial charge in [0, 0.05) is 18.7 Å². The van der Waals surface area contributed by atoms with Crippen molar-refractivity contribution in [2.45, 2.75) is 13.0 Å². The van der Waals surface area contributed by atoms with Crippen molar-refractivity contribution in [1.82, 2.24) is 4.90 Å². The van der Waals surface area contributed by atoms with Crippen molar-refractivity contribution >= 4 is 9.84 Å². The van der Waals surface area contributed by atoms with Crippen LogP contribution in [0.5, 0.6) is 0 Å². The number of sulfone groups is 1. The molecule has 0 saturated carbocycles. The van der Waals surface area contributed by atoms with Crippen molar-refractivity contribution in [1.29, 1.82) is 0 Å². The van der Waals surface area contributed by atoms with Crippen LogP contribution in [0.3, 0.4) is 0 Å². The average molecular weight is 292 g/mol. The minimum Gasteiger partial charge on any atom is -0.320 e. The Labute approximate surface area is 120 Å². The predicted molar refractivity (Wildman–Crippen MR) is 80.9 cm³/mol. The van der Waals surface area contributed by atoms with Gasteiger partial charge in [-0.15, -0.1) is 0 Å². The smallest absolute Gasteiger partial charge is 0.151 e. The summed E-state index contributed by atoms with van der Waals surface area (Å²) in [6.07, 6.45) is 0.717. The summed E-state index contributed by atoms with van der Waals surface area (Å²) in [6.45, 7) is 2.57. The van der Waals surface area contributed by atoms with Crippen molar-refractivity contribution in [3.05, 3.63) is 35.4 Å². The maximum absolute atomic E-state index is 11.6. The van der Waals surface area contributed by atoms with E-state index in [0.29, 0.717) is 18.8 Å². The maximum Gasteiger partial charge on any atom is 0.151 e. The standard InChI is InChI=1S/C15H20N2O2S/c16-7-2-6-14-4-1-5-15(12-14)13-17-8-3-10-20(18,19)11-9-17/h1,4-5,12H,3,7-11,13,16H2. The van der Waals surface area contributed by atoms with Crippen LogP contribution in [0.15, 0.2) is 24.3 Å². The molecule has 5 heteroatoms. The van der Waals surface area contributed by atoms with E-state index in [-0.39, 0.29) is 5.75 Å². The lowest BCUT2D eigenvalue weighted by Gasteiger charge is -2.19. The number of benzene rings is 1. The first kappa shape index (κ1) is 15.0. The molecule has 0 aliphatic carbocycles. The zero-order chi connectivity index (χ0) is 14.4. The summed E-state index contributed by atoms with van der Waals surface area (Å²) in [5, 5.41) is 0. The molecule has 0 bridgehead atoms. The molecule has 1 aromatic carbocycles. The van der Waals surface area contributed by atoms with Crippen LogP contribution < -0.4 is 5.73 Å². The summed E-state index contributed by atoms with van der Waals surface area (Å²) < 4.78 is 23.2. The van der Waals surface area contributed by atoms with Gasteiger partial charge in [0.25, 0.3) is 0 Å². The Hall–Kier alpha value is -1.35. The molecule has 2 N–H and O–H groups in total. The van der Waals surface area contributed by atoms with Crippen LogP contribution in [-0.2, 0) is 16.4 Å². The van der Waals surface area contributed by atoms with Crippen molar-refractivity contribution in [2.24, 2.45) is 5.73 Å². The largest absolute Gasteiger partial charge is 0.320 e. The van der Waals surface area contributed by atoms with E-state index in [4.69, 9.17) is 5.73 Å². The molecule has 1 aliphatic heterocycles. The van der Waals surface area contributed by atoms with Gasteiger partial charge in [-0.3, -0.25) is 4.90 Å². The van der Waals surface area contributed by atoms with Gasteiger partial charge in [0.1, 0.15) is 0 Å². The Kier molecular flexibility index (Phi) is 5.18. The molecule has 4 nitrogen and oxygen atoms in total. The van der Waals surface area contributed by atoms with Crippen LogP contribution in [0.1, 0.15) is 17.5 Å². The first-order valence-electron chi connectivity index (χ1n) is 6.80. The molecular weight excluding hydrogens is 272 g/mol. The number of hydrogen-bond donors (Lipinski definition) is 1. The highest BCUT2D eigenvalue weighted by Crippen LogP contribution is 2.11. The van der Waals surface area contributed by atoms with Gasteiger partial charge in [0.05, 0.1) is 18.1 Å². The van der Waals surface area contributed by atoms with Crippen LogP contribution >= 0.6 is 0 Å². The molecular formula is C15H20N2O2S. The molecule has 0 radical (unpaired) electrons. The summed E-state index contributed by atoms with van der Waals surface area (Å²) >= 11 is 0. The van der Waals surface area contributed by atoms with Gasteiger partial charge < -0.3 is 5.73 Å². The molecule has 0 aromatic heterocycles. The Morgan fingerprint density at radius 2 is 2.10 bits per heavy atom. The van der Waals surface area contributed by atoms with Crippen LogP contribution in [0, 0.1) is 11.8 Å². The van der Waals surface area contributed by atoms with Crippen molar-refractivity contribution in [3.63, 3.8) is 0 Å². The Morgan fingerprint density at radius 3 is 2.90 bits per heavy atom. The third-order valence-corrected chi connectivity index (χ3v) is 5.03. The van der Waals surface area contributed by atoms with Gasteiger partial charge >= 0.3 is 0 Å². The summed E-state index contributed by atoms with van der Waals surface area (Å²) in [5.41, 5.74) is 7.48. The van der Waals surface area contributed by atoms with E-state index in [2.05, 4.69) is 16.7 Å². The van der Waals surface area contributed by atoms with Crippen LogP contribution in [-0.4, -0.2) is 44.5 Å². The molecule has 1 saturated heterocycles. The maximum atomic E-state index is 11.6. The van der Waals surface area contributed by atoms with Gasteiger partial charge in [0.2, 0.25) is 0 Å². The summed E-state index contributed by atoms with van der Waals surface area (Å²) in [7, 11) is -2.84. The minimum absolute atomic E-state index is 0.264. The normalized spacial score (nSPS) is 18.9. The lowest BCUT2D eigenvalue weighted by Crippen LogP contribution is -2.26. The number of rotatable bonds is 2. The molecule has 1 aliphatic rings. The van der Waals surface area contributed by atoms with E-state index in [1.807, 2.05) is 24.3 Å². The topological polar surface area (TPSA) is 63.4 Å². The molecule has 1 aromatic rings. The third kappa shape index (κ3) is 4.64. The van der Waals surface area contributed by atoms with Crippen LogP contribution in [0.4, 0.5) is 0 Å². The highest BCUT2D eigenvalue weighted by atomic mass is 32.2. The summed E-state index contributed by atoms with van der Waals surface area (Å²) in [5.74, 6) is 6.43. The molecule has 20 heavy (non-hydrogen) atoms. The third-order valence-electron chi connectivity index (χ3n) is 3.32. The van der Waals surface area contributed by atoms with Gasteiger partial charge in [-0.1, -0.05) is 24.0 Å². The molecule has 108 valence electrons. The quantitative estimate of drug-likeness (QED) is 0.812. The van der Waals surface area contributed by atoms with E-state index in [1.165, 1.54) is 0 Å². The fraction of sp³-hybridized carbons (Fsp3) is 0.467. The number of nitrogens with zero attached hydrogens (tertiary/aromatic N) is 1. The zero-order valence-corrected chi connectivity index (χ0v) is 12.3. The highest BCUT2D eigenvalue weighted by molar-refractivity contribution is 7.91. The molecule has 2 rings (SSSR count). The van der Waals surface area contributed by atoms with E-state index in [0.717, 1.165) is 30.6 Å². The first-order valence-corrected chi connectivity index (χ1v) is 8.62. The molecule has 1 fully saturated rings. The molecule has 1 heterocycles. The lowest BCUT2D eigenvalue weighted by molar-refractivity contribution is 0.287. The molecule has 0 unspecified atom stereocenters. The Bertz CT molecular complexity index is 614. The van der Waals surface area contributed by atoms with E-state index >= 15 is 0 Å². The Balaban J connectivity index is 2.02. The second-order valence-electron chi connectivity index (χ2n) is 4.99. The van der Waals surface area contributed by atoms with E-state index in [1.54, 1.807) is 0 Å². The van der Waals surface area contributed by atoms with E-state index in [9.17, 15) is 8.42 Å². The predicted octanol–water partition coefficient (Wildman–Crippen LogP) is 0.617. The summed E-state index contributed by atoms with van der Waals surface area (Å²) in [6, 6.07) is 8.03. The van der Waals surface area contributed by atoms with Gasteiger partial charge in [-0.25, -0.2) is 8.42 Å². The number of hydrogen-bond acceptors (Lipinski definition) is 4. The van der Waals surface area contributed by atoms with Crippen LogP contribution in [0.2, 0.25) is 0 Å². The Morgan fingerprint density at radius 1 is 1.25 bits per heavy atom. The van der Waals surface area contributed by atoms with Gasteiger partial charge in [-0.05, 0) is 30.7 Å². The summed E-state index contributed by atoms with van der Waals surface area (Å²) in [4.78, 5) is 2.19. The van der Waals surface area contributed by atoms with Crippen LogP contribution in [0.25, 0.3) is 0 Å². The SMILES string of the molecule is NCC#Cc1cccc(CN2CCCS(=O)(=O)CC2)c1. The second-order valence-corrected chi connectivity index (χ2v) is 7.29. The molecule has 0 spiro atoms. The highest BCUT2D eigenvalue weighted by Gasteiger charge is 2.18. The van der Waals surface area contributed by atoms with Crippen molar-refractivity contribution in [2.75, 3.05) is 31.1 Å². The minimum atomic E-state index is -2.84.